The number of hydrogen-bond acceptors (Lipinski definition) is 4. The first-order chi connectivity index (χ1) is 8.34. The molecule has 4 heteroatoms. The lowest BCUT2D eigenvalue weighted by Gasteiger charge is -2.32. The van der Waals surface area contributed by atoms with Gasteiger partial charge in [-0.3, -0.25) is 0 Å². The van der Waals surface area contributed by atoms with Crippen LogP contribution in [0.15, 0.2) is 18.2 Å². The molecule has 2 unspecified atom stereocenters. The fraction of sp³-hybridized carbons (Fsp3) is 0.538. The van der Waals surface area contributed by atoms with Gasteiger partial charge >= 0.3 is 0 Å². The molecule has 0 aromatic heterocycles. The van der Waals surface area contributed by atoms with Gasteiger partial charge in [-0.25, -0.2) is 0 Å². The average Bonchev–Trinajstić information content (AvgIpc) is 2.39. The van der Waals surface area contributed by atoms with E-state index in [1.807, 2.05) is 6.07 Å². The van der Waals surface area contributed by atoms with Crippen LogP contribution in [0.1, 0.15) is 18.5 Å². The first-order valence-corrected chi connectivity index (χ1v) is 6.21. The Labute approximate surface area is 101 Å². The summed E-state index contributed by atoms with van der Waals surface area (Å²) < 4.78 is 11.1. The molecular formula is C13H18N2O2. The van der Waals surface area contributed by atoms with E-state index in [1.54, 1.807) is 0 Å². The van der Waals surface area contributed by atoms with Crippen LogP contribution in [0.5, 0.6) is 11.5 Å². The normalized spacial score (nSPS) is 27.8. The fourth-order valence-corrected chi connectivity index (χ4v) is 2.48. The standard InChI is InChI=1S/C13H18N2O2/c1-9-13(15-5-4-14-9)10-2-3-11-12(8-10)17-7-6-16-11/h2-3,8-9,13-15H,4-7H2,1H3. The monoisotopic (exact) mass is 234 g/mol. The van der Waals surface area contributed by atoms with Crippen molar-refractivity contribution in [3.8, 4) is 11.5 Å². The summed E-state index contributed by atoms with van der Waals surface area (Å²) >= 11 is 0. The minimum atomic E-state index is 0.347. The predicted molar refractivity (Wildman–Crippen MR) is 65.6 cm³/mol. The third-order valence-corrected chi connectivity index (χ3v) is 3.38. The van der Waals surface area contributed by atoms with Gasteiger partial charge in [-0.2, -0.15) is 0 Å². The van der Waals surface area contributed by atoms with E-state index in [-0.39, 0.29) is 0 Å². The highest BCUT2D eigenvalue weighted by molar-refractivity contribution is 5.45. The molecule has 2 aliphatic heterocycles. The van der Waals surface area contributed by atoms with Crippen LogP contribution >= 0.6 is 0 Å². The third-order valence-electron chi connectivity index (χ3n) is 3.38. The van der Waals surface area contributed by atoms with Gasteiger partial charge in [0.2, 0.25) is 0 Å². The summed E-state index contributed by atoms with van der Waals surface area (Å²) in [5, 5.41) is 7.01. The number of ether oxygens (including phenoxy) is 2. The van der Waals surface area contributed by atoms with Crippen LogP contribution in [-0.4, -0.2) is 32.3 Å². The maximum atomic E-state index is 5.62. The molecule has 3 rings (SSSR count). The first-order valence-electron chi connectivity index (χ1n) is 6.21. The summed E-state index contributed by atoms with van der Waals surface area (Å²) in [5.41, 5.74) is 1.26. The number of hydrogen-bond donors (Lipinski definition) is 2. The maximum Gasteiger partial charge on any atom is 0.161 e. The van der Waals surface area contributed by atoms with Crippen molar-refractivity contribution in [2.24, 2.45) is 0 Å². The molecule has 4 nitrogen and oxygen atoms in total. The van der Waals surface area contributed by atoms with Gasteiger partial charge in [0.25, 0.3) is 0 Å². The number of fused-ring (bicyclic) bond motifs is 1. The molecular weight excluding hydrogens is 216 g/mol. The van der Waals surface area contributed by atoms with Gasteiger partial charge in [0, 0.05) is 25.2 Å². The van der Waals surface area contributed by atoms with Crippen LogP contribution in [-0.2, 0) is 0 Å². The van der Waals surface area contributed by atoms with E-state index < -0.39 is 0 Å². The number of rotatable bonds is 1. The van der Waals surface area contributed by atoms with Gasteiger partial charge in [-0.1, -0.05) is 6.07 Å². The zero-order valence-corrected chi connectivity index (χ0v) is 10.0. The smallest absolute Gasteiger partial charge is 0.161 e. The van der Waals surface area contributed by atoms with Crippen molar-refractivity contribution in [1.82, 2.24) is 10.6 Å². The largest absolute Gasteiger partial charge is 0.486 e. The Morgan fingerprint density at radius 2 is 1.82 bits per heavy atom. The second kappa shape index (κ2) is 4.55. The van der Waals surface area contributed by atoms with Gasteiger partial charge in [0.1, 0.15) is 13.2 Å². The van der Waals surface area contributed by atoms with Crippen LogP contribution < -0.4 is 20.1 Å². The lowest BCUT2D eigenvalue weighted by atomic mass is 9.98. The van der Waals surface area contributed by atoms with E-state index in [0.717, 1.165) is 24.6 Å². The van der Waals surface area contributed by atoms with Gasteiger partial charge < -0.3 is 20.1 Å². The van der Waals surface area contributed by atoms with E-state index in [4.69, 9.17) is 9.47 Å². The molecule has 1 aromatic rings. The molecule has 0 saturated carbocycles. The van der Waals surface area contributed by atoms with Crippen molar-refractivity contribution in [3.05, 3.63) is 23.8 Å². The Bertz CT molecular complexity index is 408. The fourth-order valence-electron chi connectivity index (χ4n) is 2.48. The Morgan fingerprint density at radius 3 is 2.65 bits per heavy atom. The van der Waals surface area contributed by atoms with E-state index in [2.05, 4.69) is 29.7 Å². The molecule has 2 heterocycles. The quantitative estimate of drug-likeness (QED) is 0.763. The highest BCUT2D eigenvalue weighted by Gasteiger charge is 2.23. The van der Waals surface area contributed by atoms with Gasteiger partial charge in [-0.05, 0) is 24.6 Å². The number of piperazine rings is 1. The average molecular weight is 234 g/mol. The molecule has 92 valence electrons. The Kier molecular flexibility index (Phi) is 2.91. The third kappa shape index (κ3) is 2.10. The number of benzene rings is 1. The minimum Gasteiger partial charge on any atom is -0.486 e. The van der Waals surface area contributed by atoms with Crippen LogP contribution in [0.3, 0.4) is 0 Å². The summed E-state index contributed by atoms with van der Waals surface area (Å²) in [7, 11) is 0. The molecule has 0 amide bonds. The second-order valence-electron chi connectivity index (χ2n) is 4.58. The molecule has 0 spiro atoms. The zero-order valence-electron chi connectivity index (χ0n) is 10.0. The first kappa shape index (κ1) is 10.9. The van der Waals surface area contributed by atoms with Crippen molar-refractivity contribution in [1.29, 1.82) is 0 Å². The lowest BCUT2D eigenvalue weighted by molar-refractivity contribution is 0.171. The molecule has 2 aliphatic rings. The Morgan fingerprint density at radius 1 is 1.06 bits per heavy atom. The van der Waals surface area contributed by atoms with Crippen molar-refractivity contribution in [2.75, 3.05) is 26.3 Å². The Balaban J connectivity index is 1.87. The summed E-state index contributed by atoms with van der Waals surface area (Å²) in [4.78, 5) is 0. The van der Waals surface area contributed by atoms with Gasteiger partial charge in [-0.15, -0.1) is 0 Å². The molecule has 2 N–H and O–H groups in total. The van der Waals surface area contributed by atoms with Crippen molar-refractivity contribution < 1.29 is 9.47 Å². The van der Waals surface area contributed by atoms with Crippen LogP contribution in [0.4, 0.5) is 0 Å². The molecule has 2 atom stereocenters. The van der Waals surface area contributed by atoms with Crippen LogP contribution in [0, 0.1) is 0 Å². The maximum absolute atomic E-state index is 5.62. The minimum absolute atomic E-state index is 0.347. The molecule has 1 fully saturated rings. The Hall–Kier alpha value is -1.26. The summed E-state index contributed by atoms with van der Waals surface area (Å²) in [6.07, 6.45) is 0. The topological polar surface area (TPSA) is 42.5 Å². The molecule has 1 saturated heterocycles. The molecule has 0 bridgehead atoms. The predicted octanol–water partition coefficient (Wildman–Crippen LogP) is 1.08. The lowest BCUT2D eigenvalue weighted by Crippen LogP contribution is -2.49. The van der Waals surface area contributed by atoms with Crippen LogP contribution in [0.25, 0.3) is 0 Å². The van der Waals surface area contributed by atoms with Crippen molar-refractivity contribution in [3.63, 3.8) is 0 Å². The van der Waals surface area contributed by atoms with Crippen molar-refractivity contribution in [2.45, 2.75) is 19.0 Å². The van der Waals surface area contributed by atoms with E-state index in [1.165, 1.54) is 5.56 Å². The summed E-state index contributed by atoms with van der Waals surface area (Å²) in [6, 6.07) is 7.00. The molecule has 0 radical (unpaired) electrons. The highest BCUT2D eigenvalue weighted by Crippen LogP contribution is 2.33. The van der Waals surface area contributed by atoms with Crippen molar-refractivity contribution >= 4 is 0 Å². The molecule has 1 aromatic carbocycles. The van der Waals surface area contributed by atoms with E-state index >= 15 is 0 Å². The summed E-state index contributed by atoms with van der Waals surface area (Å²) in [6.45, 7) is 5.52. The molecule has 17 heavy (non-hydrogen) atoms. The summed E-state index contributed by atoms with van der Waals surface area (Å²) in [5.74, 6) is 1.73. The van der Waals surface area contributed by atoms with E-state index in [9.17, 15) is 0 Å². The zero-order chi connectivity index (χ0) is 11.7. The van der Waals surface area contributed by atoms with Gasteiger partial charge in [0.15, 0.2) is 11.5 Å². The second-order valence-corrected chi connectivity index (χ2v) is 4.58. The number of nitrogens with one attached hydrogen (secondary N) is 2. The van der Waals surface area contributed by atoms with E-state index in [0.29, 0.717) is 25.3 Å². The van der Waals surface area contributed by atoms with Crippen LogP contribution in [0.2, 0.25) is 0 Å². The molecule has 0 aliphatic carbocycles. The van der Waals surface area contributed by atoms with Gasteiger partial charge in [0.05, 0.1) is 0 Å². The SMILES string of the molecule is CC1NCCNC1c1ccc2c(c1)OCCO2. The highest BCUT2D eigenvalue weighted by atomic mass is 16.6.